The van der Waals surface area contributed by atoms with Crippen LogP contribution >= 0.6 is 12.4 Å². The van der Waals surface area contributed by atoms with E-state index in [9.17, 15) is 23.1 Å². The lowest BCUT2D eigenvalue weighted by molar-refractivity contribution is -0.136. The minimum absolute atomic E-state index is 0. The summed E-state index contributed by atoms with van der Waals surface area (Å²) in [5.74, 6) is -1.61. The molecule has 0 bridgehead atoms. The van der Waals surface area contributed by atoms with Gasteiger partial charge >= 0.3 is 0 Å². The molecule has 2 rings (SSSR count). The zero-order valence-corrected chi connectivity index (χ0v) is 20.6. The molecule has 0 aliphatic carbocycles. The highest BCUT2D eigenvalue weighted by molar-refractivity contribution is 7.89. The number of hydrogen-bond donors (Lipinski definition) is 5. The zero-order valence-electron chi connectivity index (χ0n) is 18.9. The summed E-state index contributed by atoms with van der Waals surface area (Å²) in [7, 11) is -2.23. The molecule has 0 spiro atoms. The number of aromatic hydroxyl groups is 1. The van der Waals surface area contributed by atoms with Crippen LogP contribution in [0.4, 0.5) is 0 Å². The number of nitrogen functional groups attached to an aromatic ring is 1. The number of sulfonamides is 1. The number of hydrogen-bond acceptors (Lipinski definition) is 6. The minimum atomic E-state index is -3.65. The van der Waals surface area contributed by atoms with Gasteiger partial charge in [0.1, 0.15) is 17.6 Å². The standard InChI is InChI=1S/C22H29N5O5S.ClH/c1-3-33(31,32)26-18(11-15-7-5-4-6-8-15)22(30)27(2)14-20(29)25-13-16-9-10-17(21(23)24)19(28)12-16;/h4-10,12,18,26,28H,3,11,13-14H2,1-2H3,(H3,23,24)(H,25,29);1H/t18-;/m1./s1. The van der Waals surface area contributed by atoms with Crippen LogP contribution in [0.15, 0.2) is 48.5 Å². The van der Waals surface area contributed by atoms with Gasteiger partial charge in [-0.25, -0.2) is 13.1 Å². The monoisotopic (exact) mass is 511 g/mol. The quantitative estimate of drug-likeness (QED) is 0.220. The minimum Gasteiger partial charge on any atom is -0.507 e. The van der Waals surface area contributed by atoms with Crippen molar-refractivity contribution in [2.75, 3.05) is 19.3 Å². The number of rotatable bonds is 11. The Morgan fingerprint density at radius 2 is 1.79 bits per heavy atom. The predicted molar refractivity (Wildman–Crippen MR) is 132 cm³/mol. The van der Waals surface area contributed by atoms with Crippen LogP contribution in [-0.2, 0) is 32.6 Å². The van der Waals surface area contributed by atoms with E-state index in [1.165, 1.54) is 26.1 Å². The lowest BCUT2D eigenvalue weighted by Gasteiger charge is -2.24. The highest BCUT2D eigenvalue weighted by Crippen LogP contribution is 2.18. The molecule has 2 amide bonds. The van der Waals surface area contributed by atoms with Crippen molar-refractivity contribution < 1.29 is 23.1 Å². The van der Waals surface area contributed by atoms with Crippen LogP contribution in [-0.4, -0.2) is 61.5 Å². The van der Waals surface area contributed by atoms with Gasteiger partial charge in [-0.1, -0.05) is 36.4 Å². The average molecular weight is 512 g/mol. The molecule has 0 radical (unpaired) electrons. The molecule has 0 saturated heterocycles. The maximum absolute atomic E-state index is 13.0. The molecule has 34 heavy (non-hydrogen) atoms. The van der Waals surface area contributed by atoms with Crippen molar-refractivity contribution in [2.24, 2.45) is 5.73 Å². The van der Waals surface area contributed by atoms with Crippen LogP contribution < -0.4 is 15.8 Å². The van der Waals surface area contributed by atoms with Crippen LogP contribution in [0.3, 0.4) is 0 Å². The van der Waals surface area contributed by atoms with Gasteiger partial charge < -0.3 is 21.1 Å². The molecule has 0 aliphatic rings. The Hall–Kier alpha value is -3.15. The van der Waals surface area contributed by atoms with Gasteiger partial charge in [0.15, 0.2) is 0 Å². The summed E-state index contributed by atoms with van der Waals surface area (Å²) < 4.78 is 26.6. The molecule has 0 saturated carbocycles. The first-order valence-electron chi connectivity index (χ1n) is 10.2. The smallest absolute Gasteiger partial charge is 0.241 e. The molecule has 2 aromatic carbocycles. The molecule has 0 heterocycles. The largest absolute Gasteiger partial charge is 0.507 e. The molecule has 10 nitrogen and oxygen atoms in total. The molecular weight excluding hydrogens is 482 g/mol. The normalized spacial score (nSPS) is 11.7. The van der Waals surface area contributed by atoms with Gasteiger partial charge in [0.05, 0.1) is 17.9 Å². The van der Waals surface area contributed by atoms with E-state index in [2.05, 4.69) is 10.0 Å². The highest BCUT2D eigenvalue weighted by Gasteiger charge is 2.27. The van der Waals surface area contributed by atoms with Crippen LogP contribution in [0.1, 0.15) is 23.6 Å². The van der Waals surface area contributed by atoms with Crippen molar-refractivity contribution in [1.82, 2.24) is 14.9 Å². The summed E-state index contributed by atoms with van der Waals surface area (Å²) in [4.78, 5) is 26.5. The molecule has 2 aromatic rings. The molecule has 12 heteroatoms. The Morgan fingerprint density at radius 1 is 1.15 bits per heavy atom. The number of nitrogens with zero attached hydrogens (tertiary/aromatic N) is 1. The number of carbonyl (C=O) groups is 2. The summed E-state index contributed by atoms with van der Waals surface area (Å²) in [6.45, 7) is 1.28. The van der Waals surface area contributed by atoms with Gasteiger partial charge in [-0.05, 0) is 36.6 Å². The predicted octanol–water partition coefficient (Wildman–Crippen LogP) is 0.723. The van der Waals surface area contributed by atoms with E-state index in [-0.39, 0.29) is 54.8 Å². The van der Waals surface area contributed by atoms with Crippen LogP contribution in [0.25, 0.3) is 0 Å². The number of halogens is 1. The summed E-state index contributed by atoms with van der Waals surface area (Å²) in [5.41, 5.74) is 6.91. The van der Waals surface area contributed by atoms with E-state index in [1.54, 1.807) is 30.3 Å². The Kier molecular flexibility index (Phi) is 11.0. The maximum Gasteiger partial charge on any atom is 0.241 e. The van der Waals surface area contributed by atoms with Gasteiger partial charge in [-0.15, -0.1) is 12.4 Å². The van der Waals surface area contributed by atoms with E-state index in [0.717, 1.165) is 10.5 Å². The van der Waals surface area contributed by atoms with Crippen LogP contribution in [0, 0.1) is 5.41 Å². The van der Waals surface area contributed by atoms with Gasteiger partial charge in [0.2, 0.25) is 21.8 Å². The molecule has 0 aliphatic heterocycles. The van der Waals surface area contributed by atoms with Gasteiger partial charge in [0.25, 0.3) is 0 Å². The second kappa shape index (κ2) is 12.9. The number of amidine groups is 1. The summed E-state index contributed by atoms with van der Waals surface area (Å²) in [5, 5.41) is 19.9. The van der Waals surface area contributed by atoms with E-state index in [1.807, 2.05) is 6.07 Å². The summed E-state index contributed by atoms with van der Waals surface area (Å²) >= 11 is 0. The fourth-order valence-corrected chi connectivity index (χ4v) is 3.84. The Morgan fingerprint density at radius 3 is 2.35 bits per heavy atom. The second-order valence-corrected chi connectivity index (χ2v) is 9.54. The average Bonchev–Trinajstić information content (AvgIpc) is 2.77. The molecule has 0 fully saturated rings. The van der Waals surface area contributed by atoms with Crippen LogP contribution in [0.5, 0.6) is 5.75 Å². The first-order valence-corrected chi connectivity index (χ1v) is 11.9. The molecule has 186 valence electrons. The number of likely N-dealkylation sites (N-methyl/N-ethyl adjacent to an activating group) is 1. The van der Waals surface area contributed by atoms with E-state index < -0.39 is 27.9 Å². The van der Waals surface area contributed by atoms with Crippen molar-refractivity contribution in [2.45, 2.75) is 25.9 Å². The Bertz CT molecular complexity index is 1110. The van der Waals surface area contributed by atoms with E-state index >= 15 is 0 Å². The van der Waals surface area contributed by atoms with Crippen molar-refractivity contribution in [3.05, 3.63) is 65.2 Å². The molecule has 1 atom stereocenters. The number of phenols is 1. The number of phenolic OH excluding ortho intramolecular Hbond substituents is 1. The third-order valence-electron chi connectivity index (χ3n) is 4.88. The SMILES string of the molecule is CCS(=O)(=O)N[C@H](Cc1ccccc1)C(=O)N(C)CC(=O)NCc1ccc(C(=N)N)c(O)c1.Cl. The number of amides is 2. The van der Waals surface area contributed by atoms with Gasteiger partial charge in [0, 0.05) is 13.6 Å². The van der Waals surface area contributed by atoms with Crippen molar-refractivity contribution >= 4 is 40.1 Å². The van der Waals surface area contributed by atoms with Gasteiger partial charge in [-0.2, -0.15) is 0 Å². The number of benzene rings is 2. The van der Waals surface area contributed by atoms with Gasteiger partial charge in [-0.3, -0.25) is 15.0 Å². The molecule has 0 unspecified atom stereocenters. The van der Waals surface area contributed by atoms with Crippen LogP contribution in [0.2, 0.25) is 0 Å². The second-order valence-electron chi connectivity index (χ2n) is 7.50. The third-order valence-corrected chi connectivity index (χ3v) is 6.29. The first-order chi connectivity index (χ1) is 15.5. The fourth-order valence-electron chi connectivity index (χ4n) is 3.06. The Balaban J connectivity index is 0.00000578. The zero-order chi connectivity index (χ0) is 24.6. The summed E-state index contributed by atoms with van der Waals surface area (Å²) in [6, 6.07) is 12.4. The maximum atomic E-state index is 13.0. The first kappa shape index (κ1) is 28.9. The number of nitrogens with one attached hydrogen (secondary N) is 3. The lowest BCUT2D eigenvalue weighted by atomic mass is 10.1. The number of nitrogens with two attached hydrogens (primary N) is 1. The molecule has 6 N–H and O–H groups in total. The van der Waals surface area contributed by atoms with E-state index in [4.69, 9.17) is 11.1 Å². The highest BCUT2D eigenvalue weighted by atomic mass is 35.5. The summed E-state index contributed by atoms with van der Waals surface area (Å²) in [6.07, 6.45) is 0.145. The Labute approximate surface area is 205 Å². The lowest BCUT2D eigenvalue weighted by Crippen LogP contribution is -2.50. The third kappa shape index (κ3) is 8.65. The molecule has 0 aromatic heterocycles. The fraction of sp³-hybridized carbons (Fsp3) is 0.318. The van der Waals surface area contributed by atoms with E-state index in [0.29, 0.717) is 5.56 Å². The van der Waals surface area contributed by atoms with Crippen molar-refractivity contribution in [1.29, 1.82) is 5.41 Å². The number of carbonyl (C=O) groups excluding carboxylic acids is 2. The topological polar surface area (TPSA) is 166 Å². The van der Waals surface area contributed by atoms with Crippen molar-refractivity contribution in [3.63, 3.8) is 0 Å². The molecular formula is C22H30ClN5O5S. The van der Waals surface area contributed by atoms with Crippen molar-refractivity contribution in [3.8, 4) is 5.75 Å².